The molecule has 4 nitrogen and oxygen atoms in total. The largest absolute Gasteiger partial charge is 0.616 e. The van der Waals surface area contributed by atoms with Crippen LogP contribution >= 0.6 is 0 Å². The Balaban J connectivity index is 1.59. The maximum atomic E-state index is 13.3. The summed E-state index contributed by atoms with van der Waals surface area (Å²) in [6, 6.07) is 21.6. The van der Waals surface area contributed by atoms with Crippen LogP contribution in [0.2, 0.25) is 0 Å². The van der Waals surface area contributed by atoms with E-state index in [1.54, 1.807) is 41.3 Å². The lowest BCUT2D eigenvalue weighted by molar-refractivity contribution is -0.123. The molecule has 1 N–H and O–H groups in total. The van der Waals surface area contributed by atoms with E-state index in [2.05, 4.69) is 0 Å². The van der Waals surface area contributed by atoms with E-state index in [-0.39, 0.29) is 17.5 Å². The molecule has 29 heavy (non-hydrogen) atoms. The number of carbonyl (C=O) groups excluding carboxylic acids is 1. The lowest BCUT2D eigenvalue weighted by atomic mass is 9.92. The molecule has 6 heteroatoms. The number of β-lactam (4-membered cyclic amide) rings is 1. The molecule has 0 radical (unpaired) electrons. The quantitative estimate of drug-likeness (QED) is 0.495. The summed E-state index contributed by atoms with van der Waals surface area (Å²) in [4.78, 5) is 14.5. The molecule has 0 spiro atoms. The Morgan fingerprint density at radius 1 is 0.966 bits per heavy atom. The van der Waals surface area contributed by atoms with Gasteiger partial charge in [-0.25, -0.2) is 4.39 Å². The van der Waals surface area contributed by atoms with Gasteiger partial charge in [-0.05, 0) is 58.7 Å². The van der Waals surface area contributed by atoms with E-state index < -0.39 is 22.5 Å². The highest BCUT2D eigenvalue weighted by Gasteiger charge is 2.56. The third kappa shape index (κ3) is 3.99. The van der Waals surface area contributed by atoms with E-state index in [1.165, 1.54) is 12.1 Å². The fourth-order valence-corrected chi connectivity index (χ4v) is 5.19. The summed E-state index contributed by atoms with van der Waals surface area (Å²) in [6.07, 6.45) is 0.621. The van der Waals surface area contributed by atoms with Crippen LogP contribution in [0.4, 0.5) is 10.1 Å². The van der Waals surface area contributed by atoms with Gasteiger partial charge >= 0.3 is 0 Å². The molecule has 0 aliphatic carbocycles. The van der Waals surface area contributed by atoms with Crippen molar-refractivity contribution in [1.82, 2.24) is 0 Å². The van der Waals surface area contributed by atoms with Gasteiger partial charge in [-0.2, -0.15) is 0 Å². The Morgan fingerprint density at radius 3 is 2.28 bits per heavy atom. The zero-order chi connectivity index (χ0) is 20.4. The molecule has 1 fully saturated rings. The molecule has 3 aromatic carbocycles. The third-order valence-corrected chi connectivity index (χ3v) is 6.74. The summed E-state index contributed by atoms with van der Waals surface area (Å²) < 4.78 is 26.4. The summed E-state index contributed by atoms with van der Waals surface area (Å²) in [5.41, 5.74) is 2.42. The second kappa shape index (κ2) is 8.27. The van der Waals surface area contributed by atoms with Crippen LogP contribution in [0.1, 0.15) is 17.2 Å². The van der Waals surface area contributed by atoms with Crippen LogP contribution < -0.4 is 4.90 Å². The molecular formula is C23H20FNO3S. The molecule has 1 aliphatic rings. The molecule has 3 aromatic rings. The number of amides is 1. The number of halogens is 1. The van der Waals surface area contributed by atoms with Crippen molar-refractivity contribution in [3.63, 3.8) is 0 Å². The van der Waals surface area contributed by atoms with Crippen LogP contribution in [-0.2, 0) is 22.4 Å². The van der Waals surface area contributed by atoms with Crippen LogP contribution in [0.15, 0.2) is 78.9 Å². The topological polar surface area (TPSA) is 63.6 Å². The molecule has 0 bridgehead atoms. The van der Waals surface area contributed by atoms with Crippen LogP contribution in [0.3, 0.4) is 0 Å². The van der Waals surface area contributed by atoms with E-state index >= 15 is 0 Å². The normalized spacial score (nSPS) is 19.7. The number of benzene rings is 3. The highest BCUT2D eigenvalue weighted by Crippen LogP contribution is 2.43. The first kappa shape index (κ1) is 19.5. The predicted octanol–water partition coefficient (Wildman–Crippen LogP) is 3.98. The maximum absolute atomic E-state index is 13.3. The molecule has 0 aromatic heterocycles. The van der Waals surface area contributed by atoms with Gasteiger partial charge in [0.15, 0.2) is 0 Å². The monoisotopic (exact) mass is 409 g/mol. The van der Waals surface area contributed by atoms with Crippen molar-refractivity contribution in [3.8, 4) is 5.75 Å². The molecule has 1 aliphatic heterocycles. The first-order valence-corrected chi connectivity index (χ1v) is 10.7. The van der Waals surface area contributed by atoms with Crippen LogP contribution in [0.25, 0.3) is 0 Å². The zero-order valence-electron chi connectivity index (χ0n) is 15.6. The Bertz CT molecular complexity index is 979. The van der Waals surface area contributed by atoms with Gasteiger partial charge in [0.05, 0.1) is 0 Å². The second-order valence-corrected chi connectivity index (χ2v) is 8.64. The molecule has 0 saturated carbocycles. The average Bonchev–Trinajstić information content (AvgIpc) is 2.73. The maximum Gasteiger partial charge on any atom is 0.283 e. The van der Waals surface area contributed by atoms with Gasteiger partial charge in [0.1, 0.15) is 23.4 Å². The van der Waals surface area contributed by atoms with E-state index in [0.717, 1.165) is 11.1 Å². The zero-order valence-corrected chi connectivity index (χ0v) is 16.4. The predicted molar refractivity (Wildman–Crippen MR) is 112 cm³/mol. The average molecular weight is 409 g/mol. The minimum Gasteiger partial charge on any atom is -0.616 e. The molecule has 1 saturated heterocycles. The molecule has 1 amide bonds. The summed E-state index contributed by atoms with van der Waals surface area (Å²) in [7, 11) is 0. The fourth-order valence-electron chi connectivity index (χ4n) is 3.59. The van der Waals surface area contributed by atoms with Gasteiger partial charge in [-0.3, -0.25) is 9.69 Å². The van der Waals surface area contributed by atoms with Crippen molar-refractivity contribution in [3.05, 3.63) is 95.8 Å². The van der Waals surface area contributed by atoms with Gasteiger partial charge < -0.3 is 9.66 Å². The number of hydrogen-bond donors (Lipinski definition) is 1. The molecule has 1 heterocycles. The lowest BCUT2D eigenvalue weighted by Crippen LogP contribution is -2.62. The number of carbonyl (C=O) groups is 1. The number of phenolic OH excluding ortho intramolecular Hbond substituents is 1. The van der Waals surface area contributed by atoms with Gasteiger partial charge in [0.25, 0.3) is 5.91 Å². The Morgan fingerprint density at radius 2 is 1.62 bits per heavy atom. The first-order valence-electron chi connectivity index (χ1n) is 9.33. The number of anilines is 1. The molecule has 4 rings (SSSR count). The van der Waals surface area contributed by atoms with Crippen molar-refractivity contribution in [2.24, 2.45) is 0 Å². The number of nitrogens with zero attached hydrogens (tertiary/aromatic N) is 1. The molecule has 1 unspecified atom stereocenters. The fraction of sp³-hybridized carbons (Fsp3) is 0.174. The van der Waals surface area contributed by atoms with Crippen molar-refractivity contribution in [1.29, 1.82) is 0 Å². The highest BCUT2D eigenvalue weighted by molar-refractivity contribution is 7.93. The van der Waals surface area contributed by atoms with E-state index in [0.29, 0.717) is 17.9 Å². The number of rotatable bonds is 6. The molecular weight excluding hydrogens is 389 g/mol. The molecule has 148 valence electrons. The Hall–Kier alpha value is -2.83. The number of hydrogen-bond acceptors (Lipinski definition) is 3. The summed E-state index contributed by atoms with van der Waals surface area (Å²) >= 11 is -1.37. The minimum atomic E-state index is -1.37. The van der Waals surface area contributed by atoms with Gasteiger partial charge in [0.2, 0.25) is 5.25 Å². The van der Waals surface area contributed by atoms with Gasteiger partial charge in [-0.15, -0.1) is 0 Å². The number of aryl methyl sites for hydroxylation is 1. The number of aromatic hydroxyl groups is 1. The summed E-state index contributed by atoms with van der Waals surface area (Å²) in [5.74, 6) is -0.117. The minimum absolute atomic E-state index is 0.120. The van der Waals surface area contributed by atoms with Crippen LogP contribution in [0, 0.1) is 5.82 Å². The van der Waals surface area contributed by atoms with Gasteiger partial charge in [0, 0.05) is 12.1 Å². The van der Waals surface area contributed by atoms with E-state index in [9.17, 15) is 18.8 Å². The SMILES string of the molecule is O=C1[C@@H]([S+]([O-])CCc2ccccc2)[C@@H](c2ccc(O)cc2)N1c1ccc(F)cc1. The molecule has 3 atom stereocenters. The number of phenols is 1. The van der Waals surface area contributed by atoms with Crippen molar-refractivity contribution >= 4 is 22.8 Å². The highest BCUT2D eigenvalue weighted by atomic mass is 32.2. The second-order valence-electron chi connectivity index (χ2n) is 6.96. The third-order valence-electron chi connectivity index (χ3n) is 5.10. The standard InChI is InChI=1S/C23H20FNO3S/c24-18-8-10-19(11-9-18)25-21(17-6-12-20(26)13-7-17)22(23(25)27)29(28)15-14-16-4-2-1-3-5-16/h1-13,21-22,26H,14-15H2/t21-,22+,29?/m1/s1. The van der Waals surface area contributed by atoms with E-state index in [1.807, 2.05) is 30.3 Å². The van der Waals surface area contributed by atoms with Crippen LogP contribution in [0.5, 0.6) is 5.75 Å². The summed E-state index contributed by atoms with van der Waals surface area (Å²) in [6.45, 7) is 0. The van der Waals surface area contributed by atoms with Crippen molar-refractivity contribution < 1.29 is 18.8 Å². The Labute approximate surface area is 171 Å². The van der Waals surface area contributed by atoms with Gasteiger partial charge in [-0.1, -0.05) is 42.5 Å². The smallest absolute Gasteiger partial charge is 0.283 e. The van der Waals surface area contributed by atoms with Crippen LogP contribution in [-0.4, -0.2) is 26.6 Å². The summed E-state index contributed by atoms with van der Waals surface area (Å²) in [5, 5.41) is 8.92. The lowest BCUT2D eigenvalue weighted by Gasteiger charge is -2.46. The first-order chi connectivity index (χ1) is 14.0. The van der Waals surface area contributed by atoms with Crippen molar-refractivity contribution in [2.45, 2.75) is 17.7 Å². The Kier molecular flexibility index (Phi) is 5.56. The van der Waals surface area contributed by atoms with E-state index in [4.69, 9.17) is 0 Å². The van der Waals surface area contributed by atoms with Crippen molar-refractivity contribution in [2.75, 3.05) is 10.7 Å².